The number of ether oxygens (including phenoxy) is 1. The fraction of sp³-hybridized carbons (Fsp3) is 0.571. The highest BCUT2D eigenvalue weighted by atomic mass is 16.5. The molecule has 2 nitrogen and oxygen atoms in total. The zero-order valence-electron chi connectivity index (χ0n) is 6.05. The third-order valence-electron chi connectivity index (χ3n) is 0.815. The van der Waals surface area contributed by atoms with Crippen LogP contribution < -0.4 is 0 Å². The molecule has 0 aliphatic carbocycles. The fourth-order valence-electron chi connectivity index (χ4n) is 0.572. The Hall–Kier alpha value is -0.790. The molecular weight excluding hydrogens is 116 g/mol. The van der Waals surface area contributed by atoms with Crippen molar-refractivity contribution in [1.82, 2.24) is 0 Å². The van der Waals surface area contributed by atoms with Gasteiger partial charge in [0.25, 0.3) is 0 Å². The maximum absolute atomic E-state index is 10.3. The molecular formula is C7H12O2. The lowest BCUT2D eigenvalue weighted by Gasteiger charge is -2.04. The molecule has 2 heteroatoms. The monoisotopic (exact) mass is 128 g/mol. The van der Waals surface area contributed by atoms with Crippen LogP contribution in [0.15, 0.2) is 12.2 Å². The first-order valence-corrected chi connectivity index (χ1v) is 2.97. The Morgan fingerprint density at radius 1 is 1.67 bits per heavy atom. The molecule has 0 N–H and O–H groups in total. The topological polar surface area (TPSA) is 26.3 Å². The minimum absolute atomic E-state index is 0.0903. The molecule has 0 amide bonds. The van der Waals surface area contributed by atoms with Crippen LogP contribution in [0.4, 0.5) is 0 Å². The molecule has 0 heterocycles. The molecule has 0 radical (unpaired) electrons. The van der Waals surface area contributed by atoms with E-state index in [1.165, 1.54) is 6.92 Å². The number of carbonyl (C=O) groups is 1. The van der Waals surface area contributed by atoms with E-state index in [2.05, 4.69) is 0 Å². The van der Waals surface area contributed by atoms with Gasteiger partial charge in [0.05, 0.1) is 0 Å². The number of allylic oxidation sites excluding steroid dienone is 1. The molecule has 0 spiro atoms. The Balaban J connectivity index is 3.50. The highest BCUT2D eigenvalue weighted by Crippen LogP contribution is 1.91. The van der Waals surface area contributed by atoms with E-state index in [4.69, 9.17) is 4.74 Å². The second kappa shape index (κ2) is 4.13. The van der Waals surface area contributed by atoms with Crippen molar-refractivity contribution < 1.29 is 9.53 Å². The third kappa shape index (κ3) is 5.07. The molecule has 0 aliphatic rings. The molecule has 0 aliphatic heterocycles. The van der Waals surface area contributed by atoms with Gasteiger partial charge in [-0.25, -0.2) is 0 Å². The van der Waals surface area contributed by atoms with Crippen molar-refractivity contribution in [3.63, 3.8) is 0 Å². The van der Waals surface area contributed by atoms with Crippen LogP contribution in [-0.2, 0) is 9.53 Å². The minimum atomic E-state index is -0.236. The average Bonchev–Trinajstić information content (AvgIpc) is 1.63. The predicted octanol–water partition coefficient (Wildman–Crippen LogP) is 1.51. The molecule has 9 heavy (non-hydrogen) atoms. The van der Waals surface area contributed by atoms with Crippen LogP contribution in [0.5, 0.6) is 0 Å². The van der Waals surface area contributed by atoms with Gasteiger partial charge in [-0.2, -0.15) is 0 Å². The van der Waals surface area contributed by atoms with E-state index >= 15 is 0 Å². The Morgan fingerprint density at radius 3 is 2.56 bits per heavy atom. The summed E-state index contributed by atoms with van der Waals surface area (Å²) in [5.74, 6) is -0.236. The first-order valence-electron chi connectivity index (χ1n) is 2.97. The highest BCUT2D eigenvalue weighted by Gasteiger charge is 1.97. The van der Waals surface area contributed by atoms with Crippen LogP contribution in [0.3, 0.4) is 0 Å². The summed E-state index contributed by atoms with van der Waals surface area (Å²) < 4.78 is 4.76. The summed E-state index contributed by atoms with van der Waals surface area (Å²) in [5.41, 5.74) is 0. The van der Waals surface area contributed by atoms with Gasteiger partial charge in [0.15, 0.2) is 0 Å². The van der Waals surface area contributed by atoms with Crippen molar-refractivity contribution in [2.45, 2.75) is 26.9 Å². The highest BCUT2D eigenvalue weighted by molar-refractivity contribution is 5.66. The summed E-state index contributed by atoms with van der Waals surface area (Å²) in [6.07, 6.45) is 3.59. The molecule has 0 rings (SSSR count). The molecule has 1 atom stereocenters. The normalized spacial score (nSPS) is 13.7. The van der Waals surface area contributed by atoms with Crippen LogP contribution in [0.25, 0.3) is 0 Å². The summed E-state index contributed by atoms with van der Waals surface area (Å²) in [4.78, 5) is 10.3. The van der Waals surface area contributed by atoms with Crippen molar-refractivity contribution in [3.8, 4) is 0 Å². The van der Waals surface area contributed by atoms with Crippen LogP contribution in [0, 0.1) is 0 Å². The van der Waals surface area contributed by atoms with Crippen LogP contribution in [0.1, 0.15) is 20.8 Å². The number of esters is 1. The van der Waals surface area contributed by atoms with Gasteiger partial charge in [0.2, 0.25) is 0 Å². The van der Waals surface area contributed by atoms with Crippen LogP contribution in [0.2, 0.25) is 0 Å². The summed E-state index contributed by atoms with van der Waals surface area (Å²) in [6.45, 7) is 5.11. The van der Waals surface area contributed by atoms with Crippen LogP contribution in [-0.4, -0.2) is 12.1 Å². The molecule has 0 aromatic rings. The van der Waals surface area contributed by atoms with Crippen molar-refractivity contribution >= 4 is 5.97 Å². The largest absolute Gasteiger partial charge is 0.459 e. The van der Waals surface area contributed by atoms with E-state index in [0.29, 0.717) is 0 Å². The quantitative estimate of drug-likeness (QED) is 0.416. The Bertz CT molecular complexity index is 116. The van der Waals surface area contributed by atoms with E-state index in [1.54, 1.807) is 0 Å². The lowest BCUT2D eigenvalue weighted by molar-refractivity contribution is -0.143. The number of rotatable bonds is 2. The lowest BCUT2D eigenvalue weighted by Crippen LogP contribution is -2.08. The fourth-order valence-corrected chi connectivity index (χ4v) is 0.572. The number of hydrogen-bond acceptors (Lipinski definition) is 2. The molecule has 0 fully saturated rings. The van der Waals surface area contributed by atoms with Gasteiger partial charge in [-0.15, -0.1) is 0 Å². The molecule has 1 unspecified atom stereocenters. The zero-order chi connectivity index (χ0) is 7.28. The van der Waals surface area contributed by atoms with E-state index in [0.717, 1.165) is 0 Å². The van der Waals surface area contributed by atoms with E-state index in [-0.39, 0.29) is 12.1 Å². The van der Waals surface area contributed by atoms with E-state index < -0.39 is 0 Å². The van der Waals surface area contributed by atoms with Crippen molar-refractivity contribution in [2.75, 3.05) is 0 Å². The van der Waals surface area contributed by atoms with Gasteiger partial charge in [-0.05, 0) is 19.9 Å². The summed E-state index contributed by atoms with van der Waals surface area (Å²) in [6, 6.07) is 0. The maximum Gasteiger partial charge on any atom is 0.303 e. The van der Waals surface area contributed by atoms with Crippen LogP contribution >= 0.6 is 0 Å². The minimum Gasteiger partial charge on any atom is -0.459 e. The Labute approximate surface area is 55.5 Å². The smallest absolute Gasteiger partial charge is 0.303 e. The average molecular weight is 128 g/mol. The van der Waals surface area contributed by atoms with Crippen molar-refractivity contribution in [1.29, 1.82) is 0 Å². The molecule has 0 bridgehead atoms. The van der Waals surface area contributed by atoms with E-state index in [1.807, 2.05) is 26.0 Å². The Morgan fingerprint density at radius 2 is 2.22 bits per heavy atom. The van der Waals surface area contributed by atoms with Gasteiger partial charge in [0, 0.05) is 6.92 Å². The number of carbonyl (C=O) groups excluding carboxylic acids is 1. The molecule has 0 aromatic heterocycles. The first kappa shape index (κ1) is 8.21. The predicted molar refractivity (Wildman–Crippen MR) is 36.0 cm³/mol. The van der Waals surface area contributed by atoms with Crippen molar-refractivity contribution in [3.05, 3.63) is 12.2 Å². The first-order chi connectivity index (χ1) is 4.16. The summed E-state index contributed by atoms with van der Waals surface area (Å²) in [7, 11) is 0. The maximum atomic E-state index is 10.3. The second-order valence-electron chi connectivity index (χ2n) is 1.84. The van der Waals surface area contributed by atoms with Gasteiger partial charge in [0.1, 0.15) is 6.10 Å². The lowest BCUT2D eigenvalue weighted by atomic mass is 10.4. The molecule has 52 valence electrons. The van der Waals surface area contributed by atoms with E-state index in [9.17, 15) is 4.79 Å². The molecule has 0 saturated carbocycles. The standard InChI is InChI=1S/C7H12O2/c1-4-5-6(2)9-7(3)8/h4-6H,1-3H3/b5-4+. The van der Waals surface area contributed by atoms with Crippen molar-refractivity contribution in [2.24, 2.45) is 0 Å². The van der Waals surface area contributed by atoms with Gasteiger partial charge >= 0.3 is 5.97 Å². The summed E-state index contributed by atoms with van der Waals surface area (Å²) >= 11 is 0. The van der Waals surface area contributed by atoms with Gasteiger partial charge < -0.3 is 4.74 Å². The zero-order valence-corrected chi connectivity index (χ0v) is 6.05. The van der Waals surface area contributed by atoms with Gasteiger partial charge in [-0.1, -0.05) is 6.08 Å². The summed E-state index contributed by atoms with van der Waals surface area (Å²) in [5, 5.41) is 0. The number of hydrogen-bond donors (Lipinski definition) is 0. The second-order valence-corrected chi connectivity index (χ2v) is 1.84. The third-order valence-corrected chi connectivity index (χ3v) is 0.815. The molecule has 0 aromatic carbocycles. The SMILES string of the molecule is C/C=C/C(C)OC(C)=O. The molecule has 0 saturated heterocycles. The Kier molecular flexibility index (Phi) is 3.76. The van der Waals surface area contributed by atoms with Gasteiger partial charge in [-0.3, -0.25) is 4.79 Å².